The van der Waals surface area contributed by atoms with Gasteiger partial charge in [-0.2, -0.15) is 0 Å². The van der Waals surface area contributed by atoms with Gasteiger partial charge in [-0.1, -0.05) is 17.7 Å². The molecular formula is C17H24N2O2S. The Morgan fingerprint density at radius 2 is 2.09 bits per heavy atom. The van der Waals surface area contributed by atoms with Crippen LogP contribution in [0.2, 0.25) is 0 Å². The molecule has 2 rings (SSSR count). The van der Waals surface area contributed by atoms with Crippen LogP contribution in [0.1, 0.15) is 25.3 Å². The van der Waals surface area contributed by atoms with Crippen molar-refractivity contribution in [2.75, 3.05) is 25.4 Å². The zero-order valence-electron chi connectivity index (χ0n) is 13.3. The van der Waals surface area contributed by atoms with Crippen molar-refractivity contribution in [1.29, 1.82) is 0 Å². The smallest absolute Gasteiger partial charge is 0.224 e. The van der Waals surface area contributed by atoms with Crippen LogP contribution in [0.25, 0.3) is 0 Å². The van der Waals surface area contributed by atoms with Gasteiger partial charge in [0, 0.05) is 36.7 Å². The molecule has 2 amide bonds. The number of rotatable bonds is 6. The van der Waals surface area contributed by atoms with Gasteiger partial charge in [0.2, 0.25) is 11.8 Å². The minimum atomic E-state index is -0.0537. The fraction of sp³-hybridized carbons (Fsp3) is 0.529. The van der Waals surface area contributed by atoms with E-state index in [0.29, 0.717) is 32.5 Å². The van der Waals surface area contributed by atoms with E-state index in [9.17, 15) is 9.59 Å². The Balaban J connectivity index is 1.69. The van der Waals surface area contributed by atoms with E-state index < -0.39 is 0 Å². The molecule has 1 atom stereocenters. The number of piperidine rings is 1. The summed E-state index contributed by atoms with van der Waals surface area (Å²) in [5.74, 6) is 1.05. The van der Waals surface area contributed by atoms with Crippen LogP contribution in [-0.4, -0.2) is 42.1 Å². The molecule has 1 aromatic rings. The third kappa shape index (κ3) is 4.77. The van der Waals surface area contributed by atoms with E-state index in [1.165, 1.54) is 10.5 Å². The Bertz CT molecular complexity index is 516. The lowest BCUT2D eigenvalue weighted by atomic mass is 9.97. The highest BCUT2D eigenvalue weighted by atomic mass is 32.2. The summed E-state index contributed by atoms with van der Waals surface area (Å²) in [6.07, 6.45) is 1.16. The predicted molar refractivity (Wildman–Crippen MR) is 89.9 cm³/mol. The van der Waals surface area contributed by atoms with Crippen LogP contribution in [0.3, 0.4) is 0 Å². The zero-order chi connectivity index (χ0) is 15.9. The van der Waals surface area contributed by atoms with Gasteiger partial charge in [-0.15, -0.1) is 11.8 Å². The van der Waals surface area contributed by atoms with Gasteiger partial charge < -0.3 is 10.2 Å². The van der Waals surface area contributed by atoms with Gasteiger partial charge in [-0.05, 0) is 32.4 Å². The van der Waals surface area contributed by atoms with Crippen molar-refractivity contribution in [2.24, 2.45) is 5.92 Å². The van der Waals surface area contributed by atoms with Gasteiger partial charge in [0.25, 0.3) is 0 Å². The van der Waals surface area contributed by atoms with Crippen molar-refractivity contribution in [2.45, 2.75) is 31.6 Å². The molecule has 22 heavy (non-hydrogen) atoms. The SMILES string of the molecule is CCN1CC(C(=O)NCCSc2ccc(C)cc2)CCC1=O. The fourth-order valence-corrected chi connectivity index (χ4v) is 3.32. The second-order valence-corrected chi connectivity index (χ2v) is 6.79. The largest absolute Gasteiger partial charge is 0.355 e. The zero-order valence-corrected chi connectivity index (χ0v) is 14.1. The second kappa shape index (κ2) is 8.22. The average Bonchev–Trinajstić information content (AvgIpc) is 2.53. The molecule has 1 aliphatic heterocycles. The molecule has 0 bridgehead atoms. The molecule has 0 saturated carbocycles. The quantitative estimate of drug-likeness (QED) is 0.647. The minimum absolute atomic E-state index is 0.0537. The van der Waals surface area contributed by atoms with E-state index in [1.54, 1.807) is 16.7 Å². The molecule has 1 aromatic carbocycles. The first kappa shape index (κ1) is 16.9. The summed E-state index contributed by atoms with van der Waals surface area (Å²) in [5.41, 5.74) is 1.25. The summed E-state index contributed by atoms with van der Waals surface area (Å²) in [6.45, 7) is 5.94. The van der Waals surface area contributed by atoms with Gasteiger partial charge in [-0.25, -0.2) is 0 Å². The molecule has 0 aliphatic carbocycles. The molecule has 4 nitrogen and oxygen atoms in total. The first-order chi connectivity index (χ1) is 10.6. The average molecular weight is 320 g/mol. The third-order valence-electron chi connectivity index (χ3n) is 3.94. The standard InChI is InChI=1S/C17H24N2O2S/c1-3-19-12-14(6-9-16(19)20)17(21)18-10-11-22-15-7-4-13(2)5-8-15/h4-5,7-8,14H,3,6,9-12H2,1-2H3,(H,18,21). The van der Waals surface area contributed by atoms with Gasteiger partial charge in [0.1, 0.15) is 0 Å². The summed E-state index contributed by atoms with van der Waals surface area (Å²) in [6, 6.07) is 8.40. The van der Waals surface area contributed by atoms with Gasteiger partial charge in [0.15, 0.2) is 0 Å². The molecule has 0 radical (unpaired) electrons. The number of thioether (sulfide) groups is 1. The monoisotopic (exact) mass is 320 g/mol. The molecule has 1 heterocycles. The van der Waals surface area contributed by atoms with E-state index in [0.717, 1.165) is 5.75 Å². The number of nitrogens with one attached hydrogen (secondary N) is 1. The highest BCUT2D eigenvalue weighted by Crippen LogP contribution is 2.19. The Morgan fingerprint density at radius 3 is 2.77 bits per heavy atom. The van der Waals surface area contributed by atoms with Crippen molar-refractivity contribution in [3.63, 3.8) is 0 Å². The Kier molecular flexibility index (Phi) is 6.31. The fourth-order valence-electron chi connectivity index (χ4n) is 2.56. The van der Waals surface area contributed by atoms with E-state index in [4.69, 9.17) is 0 Å². The van der Waals surface area contributed by atoms with Crippen LogP contribution in [0.4, 0.5) is 0 Å². The second-order valence-electron chi connectivity index (χ2n) is 5.62. The van der Waals surface area contributed by atoms with E-state index in [1.807, 2.05) is 6.92 Å². The highest BCUT2D eigenvalue weighted by Gasteiger charge is 2.28. The number of hydrogen-bond acceptors (Lipinski definition) is 3. The number of aryl methyl sites for hydroxylation is 1. The summed E-state index contributed by atoms with van der Waals surface area (Å²) in [7, 11) is 0. The number of nitrogens with zero attached hydrogens (tertiary/aromatic N) is 1. The molecule has 0 aromatic heterocycles. The number of amides is 2. The lowest BCUT2D eigenvalue weighted by molar-refractivity contribution is -0.138. The van der Waals surface area contributed by atoms with Crippen LogP contribution in [0.5, 0.6) is 0 Å². The Morgan fingerprint density at radius 1 is 1.36 bits per heavy atom. The maximum Gasteiger partial charge on any atom is 0.224 e. The molecule has 1 unspecified atom stereocenters. The van der Waals surface area contributed by atoms with E-state index in [-0.39, 0.29) is 17.7 Å². The maximum absolute atomic E-state index is 12.2. The van der Waals surface area contributed by atoms with Crippen molar-refractivity contribution in [1.82, 2.24) is 10.2 Å². The lowest BCUT2D eigenvalue weighted by Gasteiger charge is -2.31. The van der Waals surface area contributed by atoms with Crippen LogP contribution < -0.4 is 5.32 Å². The maximum atomic E-state index is 12.2. The van der Waals surface area contributed by atoms with Gasteiger partial charge in [0.05, 0.1) is 5.92 Å². The first-order valence-electron chi connectivity index (χ1n) is 7.85. The number of carbonyl (C=O) groups is 2. The van der Waals surface area contributed by atoms with Crippen molar-refractivity contribution >= 4 is 23.6 Å². The van der Waals surface area contributed by atoms with E-state index >= 15 is 0 Å². The van der Waals surface area contributed by atoms with E-state index in [2.05, 4.69) is 36.5 Å². The van der Waals surface area contributed by atoms with Crippen LogP contribution in [0.15, 0.2) is 29.2 Å². The van der Waals surface area contributed by atoms with Crippen molar-refractivity contribution in [3.05, 3.63) is 29.8 Å². The highest BCUT2D eigenvalue weighted by molar-refractivity contribution is 7.99. The number of likely N-dealkylation sites (tertiary alicyclic amines) is 1. The minimum Gasteiger partial charge on any atom is -0.355 e. The summed E-state index contributed by atoms with van der Waals surface area (Å²) in [5, 5.41) is 3.00. The van der Waals surface area contributed by atoms with Gasteiger partial charge in [-0.3, -0.25) is 9.59 Å². The predicted octanol–water partition coefficient (Wildman–Crippen LogP) is 2.46. The Hall–Kier alpha value is -1.49. The first-order valence-corrected chi connectivity index (χ1v) is 8.83. The molecule has 1 saturated heterocycles. The molecule has 1 aliphatic rings. The molecule has 0 spiro atoms. The number of hydrogen-bond donors (Lipinski definition) is 1. The molecule has 1 N–H and O–H groups in total. The number of carbonyl (C=O) groups excluding carboxylic acids is 2. The molecule has 5 heteroatoms. The molecular weight excluding hydrogens is 296 g/mol. The van der Waals surface area contributed by atoms with Crippen molar-refractivity contribution < 1.29 is 9.59 Å². The normalized spacial score (nSPS) is 18.4. The molecule has 1 fully saturated rings. The van der Waals surface area contributed by atoms with Crippen LogP contribution in [0, 0.1) is 12.8 Å². The third-order valence-corrected chi connectivity index (χ3v) is 4.96. The molecule has 120 valence electrons. The lowest BCUT2D eigenvalue weighted by Crippen LogP contribution is -2.45. The van der Waals surface area contributed by atoms with Crippen molar-refractivity contribution in [3.8, 4) is 0 Å². The van der Waals surface area contributed by atoms with Crippen LogP contribution >= 0.6 is 11.8 Å². The summed E-state index contributed by atoms with van der Waals surface area (Å²) in [4.78, 5) is 26.8. The van der Waals surface area contributed by atoms with Gasteiger partial charge >= 0.3 is 0 Å². The topological polar surface area (TPSA) is 49.4 Å². The summed E-state index contributed by atoms with van der Waals surface area (Å²) < 4.78 is 0. The number of benzene rings is 1. The summed E-state index contributed by atoms with van der Waals surface area (Å²) >= 11 is 1.74. The Labute approximate surface area is 136 Å². The van der Waals surface area contributed by atoms with Crippen LogP contribution in [-0.2, 0) is 9.59 Å².